The SMILES string of the molecule is CC(C)c1cccc2nc(CCN)oc12. The van der Waals surface area contributed by atoms with Gasteiger partial charge in [-0.1, -0.05) is 26.0 Å². The molecule has 2 rings (SSSR count). The highest BCUT2D eigenvalue weighted by Gasteiger charge is 2.11. The van der Waals surface area contributed by atoms with Gasteiger partial charge in [-0.15, -0.1) is 0 Å². The van der Waals surface area contributed by atoms with Crippen molar-refractivity contribution in [2.45, 2.75) is 26.2 Å². The minimum atomic E-state index is 0.451. The van der Waals surface area contributed by atoms with Crippen LogP contribution in [0, 0.1) is 0 Å². The van der Waals surface area contributed by atoms with E-state index in [-0.39, 0.29) is 0 Å². The maximum Gasteiger partial charge on any atom is 0.196 e. The van der Waals surface area contributed by atoms with Crippen LogP contribution in [0.25, 0.3) is 11.1 Å². The molecule has 0 amide bonds. The van der Waals surface area contributed by atoms with Crippen LogP contribution in [0.2, 0.25) is 0 Å². The van der Waals surface area contributed by atoms with Crippen molar-refractivity contribution in [1.82, 2.24) is 4.98 Å². The predicted molar refractivity (Wildman–Crippen MR) is 60.9 cm³/mol. The van der Waals surface area contributed by atoms with E-state index < -0.39 is 0 Å². The number of hydrogen-bond donors (Lipinski definition) is 1. The Balaban J connectivity index is 2.54. The van der Waals surface area contributed by atoms with Crippen molar-refractivity contribution in [3.05, 3.63) is 29.7 Å². The monoisotopic (exact) mass is 204 g/mol. The molecule has 3 nitrogen and oxygen atoms in total. The molecule has 0 unspecified atom stereocenters. The average molecular weight is 204 g/mol. The van der Waals surface area contributed by atoms with Gasteiger partial charge in [0.15, 0.2) is 11.5 Å². The maximum atomic E-state index is 5.71. The van der Waals surface area contributed by atoms with Crippen molar-refractivity contribution in [3.8, 4) is 0 Å². The summed E-state index contributed by atoms with van der Waals surface area (Å²) >= 11 is 0. The van der Waals surface area contributed by atoms with E-state index in [1.165, 1.54) is 5.56 Å². The molecule has 2 aromatic rings. The molecule has 1 aromatic heterocycles. The first kappa shape index (κ1) is 10.2. The lowest BCUT2D eigenvalue weighted by atomic mass is 10.0. The molecule has 0 saturated heterocycles. The lowest BCUT2D eigenvalue weighted by molar-refractivity contribution is 0.527. The highest BCUT2D eigenvalue weighted by atomic mass is 16.3. The van der Waals surface area contributed by atoms with Gasteiger partial charge in [-0.3, -0.25) is 0 Å². The molecule has 1 heterocycles. The molecule has 3 heteroatoms. The Kier molecular flexibility index (Phi) is 2.73. The third-order valence-electron chi connectivity index (χ3n) is 2.47. The number of rotatable bonds is 3. The molecule has 0 aliphatic carbocycles. The Morgan fingerprint density at radius 3 is 2.87 bits per heavy atom. The predicted octanol–water partition coefficient (Wildman–Crippen LogP) is 2.45. The van der Waals surface area contributed by atoms with Crippen LogP contribution in [-0.2, 0) is 6.42 Å². The lowest BCUT2D eigenvalue weighted by Crippen LogP contribution is -2.02. The Morgan fingerprint density at radius 2 is 2.20 bits per heavy atom. The Morgan fingerprint density at radius 1 is 1.40 bits per heavy atom. The summed E-state index contributed by atoms with van der Waals surface area (Å²) in [5.74, 6) is 1.19. The second kappa shape index (κ2) is 4.03. The van der Waals surface area contributed by atoms with E-state index in [0.717, 1.165) is 17.0 Å². The van der Waals surface area contributed by atoms with Gasteiger partial charge in [0, 0.05) is 13.0 Å². The number of aromatic nitrogens is 1. The van der Waals surface area contributed by atoms with Crippen LogP contribution in [-0.4, -0.2) is 11.5 Å². The second-order valence-electron chi connectivity index (χ2n) is 4.00. The van der Waals surface area contributed by atoms with E-state index in [4.69, 9.17) is 10.2 Å². The van der Waals surface area contributed by atoms with Gasteiger partial charge in [0.25, 0.3) is 0 Å². The van der Waals surface area contributed by atoms with Gasteiger partial charge >= 0.3 is 0 Å². The summed E-state index contributed by atoms with van der Waals surface area (Å²) < 4.78 is 5.71. The first-order valence-electron chi connectivity index (χ1n) is 5.30. The number of fused-ring (bicyclic) bond motifs is 1. The number of oxazole rings is 1. The average Bonchev–Trinajstić information content (AvgIpc) is 2.59. The largest absolute Gasteiger partial charge is 0.440 e. The molecule has 15 heavy (non-hydrogen) atoms. The van der Waals surface area contributed by atoms with E-state index >= 15 is 0 Å². The molecule has 0 saturated carbocycles. The number of nitrogens with zero attached hydrogens (tertiary/aromatic N) is 1. The third-order valence-corrected chi connectivity index (χ3v) is 2.47. The van der Waals surface area contributed by atoms with Gasteiger partial charge in [0.1, 0.15) is 5.52 Å². The second-order valence-corrected chi connectivity index (χ2v) is 4.00. The minimum absolute atomic E-state index is 0.451. The zero-order valence-electron chi connectivity index (χ0n) is 9.16. The van der Waals surface area contributed by atoms with E-state index in [9.17, 15) is 0 Å². The van der Waals surface area contributed by atoms with Crippen LogP contribution in [0.3, 0.4) is 0 Å². The van der Waals surface area contributed by atoms with Gasteiger partial charge in [-0.2, -0.15) is 0 Å². The molecule has 0 atom stereocenters. The van der Waals surface area contributed by atoms with E-state index in [1.807, 2.05) is 12.1 Å². The van der Waals surface area contributed by atoms with Gasteiger partial charge in [-0.05, 0) is 17.5 Å². The number of nitrogens with two attached hydrogens (primary N) is 1. The minimum Gasteiger partial charge on any atom is -0.440 e. The molecule has 0 radical (unpaired) electrons. The van der Waals surface area contributed by atoms with Crippen molar-refractivity contribution >= 4 is 11.1 Å². The smallest absolute Gasteiger partial charge is 0.196 e. The molecule has 1 aromatic carbocycles. The number of para-hydroxylation sites is 1. The molecule has 0 aliphatic rings. The lowest BCUT2D eigenvalue weighted by Gasteiger charge is -2.03. The summed E-state index contributed by atoms with van der Waals surface area (Å²) in [6.07, 6.45) is 0.701. The fourth-order valence-electron chi connectivity index (χ4n) is 1.70. The Hall–Kier alpha value is -1.35. The van der Waals surface area contributed by atoms with Crippen molar-refractivity contribution in [2.75, 3.05) is 6.54 Å². The van der Waals surface area contributed by atoms with Crippen molar-refractivity contribution in [1.29, 1.82) is 0 Å². The normalized spacial score (nSPS) is 11.5. The number of benzene rings is 1. The first-order valence-corrected chi connectivity index (χ1v) is 5.30. The van der Waals surface area contributed by atoms with Crippen LogP contribution < -0.4 is 5.73 Å². The molecular weight excluding hydrogens is 188 g/mol. The first-order chi connectivity index (χ1) is 7.22. The van der Waals surface area contributed by atoms with E-state index in [0.29, 0.717) is 18.9 Å². The molecular formula is C12H16N2O. The number of hydrogen-bond acceptors (Lipinski definition) is 3. The Labute approximate surface area is 89.3 Å². The van der Waals surface area contributed by atoms with Gasteiger partial charge in [0.05, 0.1) is 0 Å². The van der Waals surface area contributed by atoms with Crippen LogP contribution in [0.1, 0.15) is 31.2 Å². The van der Waals surface area contributed by atoms with Crippen molar-refractivity contribution < 1.29 is 4.42 Å². The summed E-state index contributed by atoms with van der Waals surface area (Å²) in [6.45, 7) is 4.88. The molecule has 0 spiro atoms. The summed E-state index contributed by atoms with van der Waals surface area (Å²) in [7, 11) is 0. The molecule has 2 N–H and O–H groups in total. The van der Waals surface area contributed by atoms with Gasteiger partial charge in [0.2, 0.25) is 0 Å². The fourth-order valence-corrected chi connectivity index (χ4v) is 1.70. The standard InChI is InChI=1S/C12H16N2O/c1-8(2)9-4-3-5-10-12(9)15-11(14-10)6-7-13/h3-5,8H,6-7,13H2,1-2H3. The topological polar surface area (TPSA) is 52.0 Å². The molecule has 80 valence electrons. The highest BCUT2D eigenvalue weighted by Crippen LogP contribution is 2.25. The quantitative estimate of drug-likeness (QED) is 0.835. The van der Waals surface area contributed by atoms with Crippen LogP contribution in [0.4, 0.5) is 0 Å². The molecule has 0 fully saturated rings. The van der Waals surface area contributed by atoms with Crippen LogP contribution >= 0.6 is 0 Å². The van der Waals surface area contributed by atoms with Crippen molar-refractivity contribution in [2.24, 2.45) is 5.73 Å². The van der Waals surface area contributed by atoms with Crippen LogP contribution in [0.5, 0.6) is 0 Å². The van der Waals surface area contributed by atoms with E-state index in [1.54, 1.807) is 0 Å². The summed E-state index contributed by atoms with van der Waals surface area (Å²) in [6, 6.07) is 6.08. The van der Waals surface area contributed by atoms with Crippen molar-refractivity contribution in [3.63, 3.8) is 0 Å². The zero-order chi connectivity index (χ0) is 10.8. The maximum absolute atomic E-state index is 5.71. The fraction of sp³-hybridized carbons (Fsp3) is 0.417. The zero-order valence-corrected chi connectivity index (χ0v) is 9.16. The summed E-state index contributed by atoms with van der Waals surface area (Å²) in [4.78, 5) is 4.40. The van der Waals surface area contributed by atoms with E-state index in [2.05, 4.69) is 24.9 Å². The summed E-state index contributed by atoms with van der Waals surface area (Å²) in [5.41, 5.74) is 8.54. The third kappa shape index (κ3) is 1.88. The Bertz CT molecular complexity index is 460. The molecule has 0 bridgehead atoms. The van der Waals surface area contributed by atoms with Gasteiger partial charge < -0.3 is 10.2 Å². The van der Waals surface area contributed by atoms with Crippen LogP contribution in [0.15, 0.2) is 22.6 Å². The summed E-state index contributed by atoms with van der Waals surface area (Å²) in [5, 5.41) is 0. The molecule has 0 aliphatic heterocycles. The van der Waals surface area contributed by atoms with Gasteiger partial charge in [-0.25, -0.2) is 4.98 Å². The highest BCUT2D eigenvalue weighted by molar-refractivity contribution is 5.76.